The van der Waals surface area contributed by atoms with Crippen molar-refractivity contribution in [1.29, 1.82) is 0 Å². The minimum Gasteiger partial charge on any atom is -0.456 e. The average Bonchev–Trinajstić information content (AvgIpc) is 3.54. The zero-order valence-corrected chi connectivity index (χ0v) is 19.9. The molecular formula is C25H25Cl2NO5. The lowest BCUT2D eigenvalue weighted by molar-refractivity contribution is -0.159. The van der Waals surface area contributed by atoms with Crippen LogP contribution in [-0.4, -0.2) is 41.1 Å². The van der Waals surface area contributed by atoms with Gasteiger partial charge < -0.3 is 4.74 Å². The van der Waals surface area contributed by atoms with Crippen molar-refractivity contribution in [3.8, 4) is 0 Å². The molecule has 0 aromatic heterocycles. The van der Waals surface area contributed by atoms with Crippen molar-refractivity contribution in [3.05, 3.63) is 46.0 Å². The SMILES string of the molecule is CC(C)C[C@H](C(=O)OCC(=O)c1ccc(Cl)cc1Cl)N1C(=O)[C@H]2[C@@H]3C=C[C@H]([C@@H]4C[C@H]34)[C@@H]2C1=O. The van der Waals surface area contributed by atoms with E-state index >= 15 is 0 Å². The number of hydrogen-bond donors (Lipinski definition) is 0. The second-order valence-corrected chi connectivity index (χ2v) is 10.8. The Balaban J connectivity index is 1.33. The molecule has 7 atom stereocenters. The van der Waals surface area contributed by atoms with Crippen LogP contribution in [0.2, 0.25) is 10.0 Å². The van der Waals surface area contributed by atoms with Crippen molar-refractivity contribution in [2.45, 2.75) is 32.7 Å². The monoisotopic (exact) mass is 489 g/mol. The number of carbonyl (C=O) groups is 4. The molecule has 1 heterocycles. The largest absolute Gasteiger partial charge is 0.456 e. The van der Waals surface area contributed by atoms with E-state index in [-0.39, 0.29) is 58.4 Å². The minimum absolute atomic E-state index is 0.0374. The van der Waals surface area contributed by atoms with Crippen molar-refractivity contribution in [1.82, 2.24) is 4.90 Å². The first-order valence-corrected chi connectivity index (χ1v) is 12.1. The molecule has 6 rings (SSSR count). The van der Waals surface area contributed by atoms with E-state index in [0.717, 1.165) is 11.3 Å². The topological polar surface area (TPSA) is 80.8 Å². The Morgan fingerprint density at radius 1 is 1.06 bits per heavy atom. The number of likely N-dealkylation sites (tertiary alicyclic amines) is 1. The fourth-order valence-corrected chi connectivity index (χ4v) is 6.58. The number of carbonyl (C=O) groups excluding carboxylic acids is 4. The van der Waals surface area contributed by atoms with Crippen molar-refractivity contribution in [2.75, 3.05) is 6.61 Å². The van der Waals surface area contributed by atoms with E-state index in [9.17, 15) is 19.2 Å². The first-order valence-electron chi connectivity index (χ1n) is 11.4. The van der Waals surface area contributed by atoms with E-state index in [1.807, 2.05) is 13.8 Å². The number of benzene rings is 1. The van der Waals surface area contributed by atoms with Gasteiger partial charge in [-0.05, 0) is 60.6 Å². The van der Waals surface area contributed by atoms with E-state index in [1.54, 1.807) is 0 Å². The molecule has 3 fully saturated rings. The van der Waals surface area contributed by atoms with Gasteiger partial charge in [-0.25, -0.2) is 4.79 Å². The van der Waals surface area contributed by atoms with Crippen LogP contribution in [0, 0.1) is 41.4 Å². The summed E-state index contributed by atoms with van der Waals surface area (Å²) >= 11 is 12.0. The highest BCUT2D eigenvalue weighted by Gasteiger charge is 2.68. The molecule has 8 heteroatoms. The highest BCUT2D eigenvalue weighted by Crippen LogP contribution is 2.65. The number of ether oxygens (including phenoxy) is 1. The maximum Gasteiger partial charge on any atom is 0.329 e. The summed E-state index contributed by atoms with van der Waals surface area (Å²) in [7, 11) is 0. The first-order chi connectivity index (χ1) is 15.7. The minimum atomic E-state index is -1.04. The lowest BCUT2D eigenvalue weighted by atomic mass is 9.63. The van der Waals surface area contributed by atoms with Gasteiger partial charge in [0.2, 0.25) is 17.6 Å². The molecule has 0 unspecified atom stereocenters. The van der Waals surface area contributed by atoms with E-state index in [0.29, 0.717) is 16.9 Å². The molecule has 1 aromatic carbocycles. The Hall–Kier alpha value is -2.18. The number of Topliss-reactive ketones (excluding diaryl/α,β-unsaturated/α-hetero) is 1. The number of halogens is 2. The van der Waals surface area contributed by atoms with Crippen LogP contribution < -0.4 is 0 Å². The van der Waals surface area contributed by atoms with E-state index in [1.165, 1.54) is 18.2 Å². The van der Waals surface area contributed by atoms with Gasteiger partial charge in [0, 0.05) is 10.6 Å². The average molecular weight is 490 g/mol. The normalized spacial score (nSPS) is 32.1. The lowest BCUT2D eigenvalue weighted by Crippen LogP contribution is -2.47. The van der Waals surface area contributed by atoms with Gasteiger partial charge in [-0.3, -0.25) is 19.3 Å². The van der Waals surface area contributed by atoms with Gasteiger partial charge in [-0.2, -0.15) is 0 Å². The van der Waals surface area contributed by atoms with Gasteiger partial charge in [0.05, 0.1) is 16.9 Å². The van der Waals surface area contributed by atoms with Crippen molar-refractivity contribution < 1.29 is 23.9 Å². The molecule has 1 aliphatic heterocycles. The van der Waals surface area contributed by atoms with Crippen LogP contribution in [0.1, 0.15) is 37.0 Å². The first kappa shape index (κ1) is 22.6. The number of amides is 2. The molecule has 1 aromatic rings. The van der Waals surface area contributed by atoms with Gasteiger partial charge in [0.1, 0.15) is 6.04 Å². The van der Waals surface area contributed by atoms with Crippen LogP contribution in [0.3, 0.4) is 0 Å². The van der Waals surface area contributed by atoms with Crippen LogP contribution >= 0.6 is 23.2 Å². The van der Waals surface area contributed by atoms with Crippen LogP contribution in [0.15, 0.2) is 30.4 Å². The molecule has 0 N–H and O–H groups in total. The number of nitrogens with zero attached hydrogens (tertiary/aromatic N) is 1. The van der Waals surface area contributed by atoms with Gasteiger partial charge in [0.15, 0.2) is 6.61 Å². The number of imide groups is 1. The van der Waals surface area contributed by atoms with Crippen LogP contribution in [0.4, 0.5) is 0 Å². The Morgan fingerprint density at radius 3 is 2.21 bits per heavy atom. The van der Waals surface area contributed by atoms with E-state index < -0.39 is 24.4 Å². The molecule has 2 bridgehead atoms. The molecule has 0 radical (unpaired) electrons. The number of rotatable bonds is 7. The van der Waals surface area contributed by atoms with E-state index in [4.69, 9.17) is 27.9 Å². The summed E-state index contributed by atoms with van der Waals surface area (Å²) in [5, 5.41) is 0.553. The standard InChI is InChI=1S/C25H25Cl2NO5/c1-11(2)7-19(25(32)33-10-20(29)15-4-3-12(26)8-18(15)27)28-23(30)21-13-5-6-14(17-9-16(13)17)22(21)24(28)31/h3-6,8,11,13-14,16-17,19,21-22H,7,9-10H2,1-2H3/t13-,14-,16-,17+,19-,21+,22+/m1/s1. The third-order valence-electron chi connectivity index (χ3n) is 7.55. The molecule has 5 aliphatic rings. The summed E-state index contributed by atoms with van der Waals surface area (Å²) in [5.74, 6) is -1.38. The van der Waals surface area contributed by atoms with Crippen molar-refractivity contribution in [3.63, 3.8) is 0 Å². The summed E-state index contributed by atoms with van der Waals surface area (Å²) in [6.45, 7) is 3.30. The summed E-state index contributed by atoms with van der Waals surface area (Å²) in [6, 6.07) is 3.40. The van der Waals surface area contributed by atoms with Crippen LogP contribution in [0.25, 0.3) is 0 Å². The Kier molecular flexibility index (Phi) is 5.65. The Morgan fingerprint density at radius 2 is 1.67 bits per heavy atom. The smallest absolute Gasteiger partial charge is 0.329 e. The predicted molar refractivity (Wildman–Crippen MR) is 122 cm³/mol. The highest BCUT2D eigenvalue weighted by molar-refractivity contribution is 6.36. The molecule has 4 aliphatic carbocycles. The molecule has 174 valence electrons. The zero-order valence-electron chi connectivity index (χ0n) is 18.4. The van der Waals surface area contributed by atoms with Gasteiger partial charge in [0.25, 0.3) is 0 Å². The zero-order chi connectivity index (χ0) is 23.6. The number of ketones is 1. The Bertz CT molecular complexity index is 1050. The fraction of sp³-hybridized carbons (Fsp3) is 0.520. The quantitative estimate of drug-likeness (QED) is 0.248. The van der Waals surface area contributed by atoms with Gasteiger partial charge in [-0.1, -0.05) is 49.2 Å². The summed E-state index contributed by atoms with van der Waals surface area (Å²) < 4.78 is 5.33. The third-order valence-corrected chi connectivity index (χ3v) is 8.10. The van der Waals surface area contributed by atoms with E-state index in [2.05, 4.69) is 12.2 Å². The lowest BCUT2D eigenvalue weighted by Gasteiger charge is -2.37. The van der Waals surface area contributed by atoms with Gasteiger partial charge >= 0.3 is 5.97 Å². The number of allylic oxidation sites excluding steroid dienone is 2. The second kappa shape index (κ2) is 8.24. The maximum atomic E-state index is 13.4. The molecule has 1 saturated heterocycles. The summed E-state index contributed by atoms with van der Waals surface area (Å²) in [5.41, 5.74) is 0.190. The maximum absolute atomic E-state index is 13.4. The molecule has 33 heavy (non-hydrogen) atoms. The third kappa shape index (κ3) is 3.71. The highest BCUT2D eigenvalue weighted by atomic mass is 35.5. The Labute approximate surface area is 202 Å². The predicted octanol–water partition coefficient (Wildman–Crippen LogP) is 4.19. The number of esters is 1. The van der Waals surface area contributed by atoms with Crippen molar-refractivity contribution >= 4 is 46.8 Å². The van der Waals surface area contributed by atoms with Crippen molar-refractivity contribution in [2.24, 2.45) is 41.4 Å². The fourth-order valence-electron chi connectivity index (χ4n) is 6.07. The molecular weight excluding hydrogens is 465 g/mol. The molecule has 2 amide bonds. The molecule has 2 saturated carbocycles. The van der Waals surface area contributed by atoms with Crippen LogP contribution in [0.5, 0.6) is 0 Å². The van der Waals surface area contributed by atoms with Gasteiger partial charge in [-0.15, -0.1) is 0 Å². The summed E-state index contributed by atoms with van der Waals surface area (Å²) in [6.07, 6.45) is 5.54. The second-order valence-electron chi connectivity index (χ2n) is 10.0. The van der Waals surface area contributed by atoms with Crippen LogP contribution in [-0.2, 0) is 19.1 Å². The number of hydrogen-bond acceptors (Lipinski definition) is 5. The summed E-state index contributed by atoms with van der Waals surface area (Å²) in [4.78, 5) is 53.7. The molecule has 0 spiro atoms. The molecule has 6 nitrogen and oxygen atoms in total.